The summed E-state index contributed by atoms with van der Waals surface area (Å²) in [5.41, 5.74) is 0. The summed E-state index contributed by atoms with van der Waals surface area (Å²) in [5.74, 6) is 0.603. The van der Waals surface area contributed by atoms with E-state index >= 15 is 0 Å². The van der Waals surface area contributed by atoms with Crippen LogP contribution in [0.4, 0.5) is 0 Å². The first-order valence-electron chi connectivity index (χ1n) is 4.44. The molecule has 0 heterocycles. The third-order valence-corrected chi connectivity index (χ3v) is 3.71. The van der Waals surface area contributed by atoms with Crippen LogP contribution < -0.4 is 0 Å². The highest BCUT2D eigenvalue weighted by Crippen LogP contribution is 2.27. The fraction of sp³-hybridized carbons (Fsp3) is 0.889. The van der Waals surface area contributed by atoms with Gasteiger partial charge < -0.3 is 4.90 Å². The summed E-state index contributed by atoms with van der Waals surface area (Å²) in [6.07, 6.45) is 2.36. The van der Waals surface area contributed by atoms with E-state index in [1.165, 1.54) is 12.8 Å². The zero-order valence-electron chi connectivity index (χ0n) is 7.88. The second-order valence-electron chi connectivity index (χ2n) is 3.83. The Morgan fingerprint density at radius 1 is 1.50 bits per heavy atom. The average Bonchev–Trinajstić information content (AvgIpc) is 2.82. The van der Waals surface area contributed by atoms with Crippen LogP contribution in [0.5, 0.6) is 0 Å². The molecule has 12 heavy (non-hydrogen) atoms. The van der Waals surface area contributed by atoms with Crippen molar-refractivity contribution in [3.8, 4) is 0 Å². The molecule has 0 aliphatic heterocycles. The Morgan fingerprint density at radius 2 is 2.00 bits per heavy atom. The molecule has 1 aliphatic carbocycles. The minimum atomic E-state index is -0.0110. The monoisotopic (exact) mass is 233 g/mol. The normalized spacial score (nSPS) is 19.4. The Hall–Kier alpha value is -0.0500. The van der Waals surface area contributed by atoms with Crippen molar-refractivity contribution in [3.63, 3.8) is 0 Å². The van der Waals surface area contributed by atoms with Gasteiger partial charge in [-0.05, 0) is 18.8 Å². The number of hydrogen-bond acceptors (Lipinski definition) is 1. The predicted octanol–water partition coefficient (Wildman–Crippen LogP) is 2.03. The molecule has 1 unspecified atom stereocenters. The summed E-state index contributed by atoms with van der Waals surface area (Å²) in [7, 11) is 1.90. The quantitative estimate of drug-likeness (QED) is 0.684. The third kappa shape index (κ3) is 2.22. The lowest BCUT2D eigenvalue weighted by molar-refractivity contribution is -0.130. The van der Waals surface area contributed by atoms with Gasteiger partial charge in [0.05, 0.1) is 4.83 Å². The molecule has 1 rings (SSSR count). The topological polar surface area (TPSA) is 20.3 Å². The summed E-state index contributed by atoms with van der Waals surface area (Å²) in [6, 6.07) is 0.524. The van der Waals surface area contributed by atoms with Gasteiger partial charge in [0, 0.05) is 13.1 Å². The number of nitrogens with zero attached hydrogens (tertiary/aromatic N) is 1. The van der Waals surface area contributed by atoms with Gasteiger partial charge in [-0.3, -0.25) is 4.79 Å². The number of alkyl halides is 1. The van der Waals surface area contributed by atoms with E-state index in [0.29, 0.717) is 12.0 Å². The van der Waals surface area contributed by atoms with Crippen molar-refractivity contribution in [2.45, 2.75) is 37.6 Å². The van der Waals surface area contributed by atoms with Crippen molar-refractivity contribution in [2.75, 3.05) is 7.05 Å². The van der Waals surface area contributed by atoms with Crippen molar-refractivity contribution >= 4 is 21.8 Å². The van der Waals surface area contributed by atoms with Gasteiger partial charge in [-0.25, -0.2) is 0 Å². The number of hydrogen-bond donors (Lipinski definition) is 0. The summed E-state index contributed by atoms with van der Waals surface area (Å²) < 4.78 is 0. The van der Waals surface area contributed by atoms with Crippen LogP contribution >= 0.6 is 15.9 Å². The van der Waals surface area contributed by atoms with Crippen molar-refractivity contribution in [2.24, 2.45) is 5.92 Å². The van der Waals surface area contributed by atoms with E-state index < -0.39 is 0 Å². The molecule has 1 atom stereocenters. The van der Waals surface area contributed by atoms with E-state index in [-0.39, 0.29) is 10.7 Å². The molecule has 0 N–H and O–H groups in total. The minimum Gasteiger partial charge on any atom is -0.342 e. The van der Waals surface area contributed by atoms with Crippen LogP contribution in [0.25, 0.3) is 0 Å². The van der Waals surface area contributed by atoms with Crippen molar-refractivity contribution in [1.29, 1.82) is 0 Å². The molecule has 1 aliphatic rings. The van der Waals surface area contributed by atoms with Crippen LogP contribution in [-0.4, -0.2) is 28.7 Å². The molecule has 0 aromatic carbocycles. The number of carbonyl (C=O) groups excluding carboxylic acids is 1. The second kappa shape index (κ2) is 3.77. The Bertz CT molecular complexity index is 167. The Labute approximate surface area is 82.4 Å². The Balaban J connectivity index is 2.44. The largest absolute Gasteiger partial charge is 0.342 e. The van der Waals surface area contributed by atoms with Gasteiger partial charge in [0.1, 0.15) is 0 Å². The number of carbonyl (C=O) groups is 1. The first-order chi connectivity index (χ1) is 5.54. The van der Waals surface area contributed by atoms with E-state index in [4.69, 9.17) is 0 Å². The number of rotatable bonds is 3. The molecule has 0 bridgehead atoms. The van der Waals surface area contributed by atoms with Gasteiger partial charge in [-0.1, -0.05) is 29.8 Å². The lowest BCUT2D eigenvalue weighted by atomic mass is 10.1. The minimum absolute atomic E-state index is 0.0110. The van der Waals surface area contributed by atoms with Gasteiger partial charge in [0.25, 0.3) is 0 Å². The SMILES string of the molecule is CC(C)C(Br)C(=O)N(C)C1CC1. The molecular weight excluding hydrogens is 218 g/mol. The van der Waals surface area contributed by atoms with Crippen LogP contribution in [0.2, 0.25) is 0 Å². The zero-order chi connectivity index (χ0) is 9.30. The molecule has 1 amide bonds. The standard InChI is InChI=1S/C9H16BrNO/c1-6(2)8(10)9(12)11(3)7-4-5-7/h6-8H,4-5H2,1-3H3. The molecule has 70 valence electrons. The molecule has 0 spiro atoms. The molecular formula is C9H16BrNO. The summed E-state index contributed by atoms with van der Waals surface area (Å²) >= 11 is 3.41. The fourth-order valence-corrected chi connectivity index (χ4v) is 1.44. The summed E-state index contributed by atoms with van der Waals surface area (Å²) in [4.78, 5) is 13.5. The van der Waals surface area contributed by atoms with Gasteiger partial charge in [0.2, 0.25) is 5.91 Å². The van der Waals surface area contributed by atoms with Gasteiger partial charge in [-0.2, -0.15) is 0 Å². The summed E-state index contributed by atoms with van der Waals surface area (Å²) in [6.45, 7) is 4.11. The summed E-state index contributed by atoms with van der Waals surface area (Å²) in [5, 5.41) is 0. The number of halogens is 1. The van der Waals surface area contributed by atoms with E-state index in [9.17, 15) is 4.79 Å². The second-order valence-corrected chi connectivity index (χ2v) is 4.81. The molecule has 0 aromatic rings. The highest BCUT2D eigenvalue weighted by Gasteiger charge is 2.33. The number of amides is 1. The highest BCUT2D eigenvalue weighted by molar-refractivity contribution is 9.10. The molecule has 1 saturated carbocycles. The predicted molar refractivity (Wildman–Crippen MR) is 53.3 cm³/mol. The first-order valence-corrected chi connectivity index (χ1v) is 5.36. The van der Waals surface area contributed by atoms with E-state index in [1.54, 1.807) is 0 Å². The molecule has 0 aromatic heterocycles. The third-order valence-electron chi connectivity index (χ3n) is 2.26. The Morgan fingerprint density at radius 3 is 2.33 bits per heavy atom. The molecule has 1 fully saturated rings. The lowest BCUT2D eigenvalue weighted by Gasteiger charge is -2.21. The Kier molecular flexibility index (Phi) is 3.16. The van der Waals surface area contributed by atoms with Gasteiger partial charge in [-0.15, -0.1) is 0 Å². The lowest BCUT2D eigenvalue weighted by Crippen LogP contribution is -2.37. The molecule has 3 heteroatoms. The fourth-order valence-electron chi connectivity index (χ4n) is 1.12. The molecule has 0 saturated heterocycles. The van der Waals surface area contributed by atoms with Crippen molar-refractivity contribution in [3.05, 3.63) is 0 Å². The van der Waals surface area contributed by atoms with Crippen LogP contribution in [0.3, 0.4) is 0 Å². The maximum atomic E-state index is 11.6. The maximum Gasteiger partial charge on any atom is 0.236 e. The van der Waals surface area contributed by atoms with Crippen molar-refractivity contribution < 1.29 is 4.79 Å². The van der Waals surface area contributed by atoms with E-state index in [1.807, 2.05) is 11.9 Å². The molecule has 2 nitrogen and oxygen atoms in total. The van der Waals surface area contributed by atoms with Gasteiger partial charge >= 0.3 is 0 Å². The van der Waals surface area contributed by atoms with E-state index in [2.05, 4.69) is 29.8 Å². The highest BCUT2D eigenvalue weighted by atomic mass is 79.9. The van der Waals surface area contributed by atoms with E-state index in [0.717, 1.165) is 0 Å². The van der Waals surface area contributed by atoms with Crippen LogP contribution in [0.15, 0.2) is 0 Å². The van der Waals surface area contributed by atoms with Crippen LogP contribution in [0.1, 0.15) is 26.7 Å². The van der Waals surface area contributed by atoms with Crippen LogP contribution in [0, 0.1) is 5.92 Å². The smallest absolute Gasteiger partial charge is 0.236 e. The van der Waals surface area contributed by atoms with Crippen molar-refractivity contribution in [1.82, 2.24) is 4.90 Å². The van der Waals surface area contributed by atoms with Gasteiger partial charge in [0.15, 0.2) is 0 Å². The maximum absolute atomic E-state index is 11.6. The zero-order valence-corrected chi connectivity index (χ0v) is 9.47. The average molecular weight is 234 g/mol. The first kappa shape index (κ1) is 10.0. The molecule has 0 radical (unpaired) electrons. The van der Waals surface area contributed by atoms with Crippen LogP contribution in [-0.2, 0) is 4.79 Å².